The molecule has 0 aromatic heterocycles. The third-order valence-electron chi connectivity index (χ3n) is 5.04. The molecule has 1 fully saturated rings. The van der Waals surface area contributed by atoms with Crippen molar-refractivity contribution >= 4 is 11.8 Å². The molecular weight excluding hydrogens is 304 g/mol. The molecule has 0 spiro atoms. The highest BCUT2D eigenvalue weighted by Gasteiger charge is 2.32. The number of aliphatic carboxylic acids is 1. The van der Waals surface area contributed by atoms with Gasteiger partial charge in [0.1, 0.15) is 5.78 Å². The van der Waals surface area contributed by atoms with Crippen molar-refractivity contribution < 1.29 is 19.8 Å². The summed E-state index contributed by atoms with van der Waals surface area (Å²) in [5.41, 5.74) is 0. The van der Waals surface area contributed by atoms with Gasteiger partial charge in [0.05, 0.1) is 0 Å². The SMILES string of the molecule is CCCCCCC=C[C@H]1CCC(=O)[C@@H]1CCCCCC(O)C(=O)O. The summed E-state index contributed by atoms with van der Waals surface area (Å²) in [6, 6.07) is 0. The zero-order chi connectivity index (χ0) is 17.8. The van der Waals surface area contributed by atoms with Crippen molar-refractivity contribution in [2.45, 2.75) is 90.1 Å². The van der Waals surface area contributed by atoms with E-state index < -0.39 is 12.1 Å². The van der Waals surface area contributed by atoms with Crippen LogP contribution >= 0.6 is 0 Å². The van der Waals surface area contributed by atoms with Crippen LogP contribution < -0.4 is 0 Å². The standard InChI is InChI=1S/C20H34O4/c1-2-3-4-5-6-8-11-16-14-15-18(21)17(16)12-9-7-10-13-19(22)20(23)24/h8,11,16-17,19,22H,2-7,9-10,12-15H2,1H3,(H,23,24)/t16-,17+,19?/m0/s1. The minimum atomic E-state index is -1.25. The first-order valence-electron chi connectivity index (χ1n) is 9.66. The molecule has 1 unspecified atom stereocenters. The first kappa shape index (κ1) is 20.9. The highest BCUT2D eigenvalue weighted by Crippen LogP contribution is 2.34. The van der Waals surface area contributed by atoms with E-state index in [-0.39, 0.29) is 5.92 Å². The summed E-state index contributed by atoms with van der Waals surface area (Å²) < 4.78 is 0. The fourth-order valence-corrected chi connectivity index (χ4v) is 3.50. The van der Waals surface area contributed by atoms with Crippen LogP contribution in [0.3, 0.4) is 0 Å². The minimum Gasteiger partial charge on any atom is -0.479 e. The molecule has 0 amide bonds. The Morgan fingerprint density at radius 1 is 1.21 bits per heavy atom. The van der Waals surface area contributed by atoms with Gasteiger partial charge in [0, 0.05) is 12.3 Å². The zero-order valence-electron chi connectivity index (χ0n) is 15.1. The van der Waals surface area contributed by atoms with Gasteiger partial charge in [-0.1, -0.05) is 57.6 Å². The number of hydrogen-bond acceptors (Lipinski definition) is 3. The number of ketones is 1. The molecule has 0 saturated heterocycles. The van der Waals surface area contributed by atoms with Crippen molar-refractivity contribution in [1.82, 2.24) is 0 Å². The van der Waals surface area contributed by atoms with Crippen LogP contribution in [0, 0.1) is 11.8 Å². The monoisotopic (exact) mass is 338 g/mol. The Bertz CT molecular complexity index is 402. The lowest BCUT2D eigenvalue weighted by Crippen LogP contribution is -2.19. The van der Waals surface area contributed by atoms with Gasteiger partial charge in [-0.15, -0.1) is 0 Å². The van der Waals surface area contributed by atoms with E-state index >= 15 is 0 Å². The van der Waals surface area contributed by atoms with E-state index in [1.54, 1.807) is 0 Å². The van der Waals surface area contributed by atoms with Crippen LogP contribution in [0.4, 0.5) is 0 Å². The molecule has 4 nitrogen and oxygen atoms in total. The smallest absolute Gasteiger partial charge is 0.332 e. The number of carboxylic acid groups (broad SMARTS) is 1. The van der Waals surface area contributed by atoms with Crippen molar-refractivity contribution in [3.63, 3.8) is 0 Å². The van der Waals surface area contributed by atoms with E-state index in [0.29, 0.717) is 31.0 Å². The normalized spacial score (nSPS) is 22.3. The quantitative estimate of drug-likeness (QED) is 0.383. The highest BCUT2D eigenvalue weighted by atomic mass is 16.4. The Balaban J connectivity index is 2.22. The largest absolute Gasteiger partial charge is 0.479 e. The maximum atomic E-state index is 12.1. The number of hydrogen-bond donors (Lipinski definition) is 2. The summed E-state index contributed by atoms with van der Waals surface area (Å²) in [6.07, 6.45) is 14.9. The van der Waals surface area contributed by atoms with E-state index in [2.05, 4.69) is 19.1 Å². The Hall–Kier alpha value is -1.16. The van der Waals surface area contributed by atoms with Crippen LogP contribution in [0.5, 0.6) is 0 Å². The molecule has 24 heavy (non-hydrogen) atoms. The van der Waals surface area contributed by atoms with Gasteiger partial charge in [0.25, 0.3) is 0 Å². The lowest BCUT2D eigenvalue weighted by Gasteiger charge is -2.15. The Morgan fingerprint density at radius 3 is 2.67 bits per heavy atom. The van der Waals surface area contributed by atoms with Gasteiger partial charge in [-0.2, -0.15) is 0 Å². The number of carbonyl (C=O) groups is 2. The average Bonchev–Trinajstić information content (AvgIpc) is 2.90. The van der Waals surface area contributed by atoms with Gasteiger partial charge < -0.3 is 10.2 Å². The molecular formula is C20H34O4. The third kappa shape index (κ3) is 8.09. The number of carbonyl (C=O) groups excluding carboxylic acids is 1. The van der Waals surface area contributed by atoms with Crippen molar-refractivity contribution in [1.29, 1.82) is 0 Å². The number of Topliss-reactive ketones (excluding diaryl/α,β-unsaturated/α-hetero) is 1. The number of aliphatic hydroxyl groups is 1. The van der Waals surface area contributed by atoms with Crippen LogP contribution in [0.15, 0.2) is 12.2 Å². The lowest BCUT2D eigenvalue weighted by atomic mass is 9.89. The van der Waals surface area contributed by atoms with Gasteiger partial charge in [0.2, 0.25) is 0 Å². The first-order valence-corrected chi connectivity index (χ1v) is 9.66. The Kier molecular flexibility index (Phi) is 10.6. The second kappa shape index (κ2) is 12.2. The molecule has 0 heterocycles. The van der Waals surface area contributed by atoms with Crippen LogP contribution in [0.1, 0.15) is 84.0 Å². The molecule has 1 aliphatic rings. The lowest BCUT2D eigenvalue weighted by molar-refractivity contribution is -0.146. The van der Waals surface area contributed by atoms with Crippen molar-refractivity contribution in [2.75, 3.05) is 0 Å². The molecule has 0 radical (unpaired) electrons. The fraction of sp³-hybridized carbons (Fsp3) is 0.800. The van der Waals surface area contributed by atoms with Crippen LogP contribution in [-0.2, 0) is 9.59 Å². The summed E-state index contributed by atoms with van der Waals surface area (Å²) in [6.45, 7) is 2.22. The van der Waals surface area contributed by atoms with E-state index in [0.717, 1.165) is 32.1 Å². The fourth-order valence-electron chi connectivity index (χ4n) is 3.50. The molecule has 3 atom stereocenters. The number of rotatable bonds is 13. The van der Waals surface area contributed by atoms with Crippen molar-refractivity contribution in [3.05, 3.63) is 12.2 Å². The van der Waals surface area contributed by atoms with Gasteiger partial charge in [0.15, 0.2) is 6.10 Å². The molecule has 2 N–H and O–H groups in total. The first-order chi connectivity index (χ1) is 11.6. The van der Waals surface area contributed by atoms with Gasteiger partial charge in [-0.3, -0.25) is 4.79 Å². The summed E-state index contributed by atoms with van der Waals surface area (Å²) >= 11 is 0. The van der Waals surface area contributed by atoms with Crippen LogP contribution in [0.2, 0.25) is 0 Å². The maximum Gasteiger partial charge on any atom is 0.332 e. The van der Waals surface area contributed by atoms with Crippen LogP contribution in [0.25, 0.3) is 0 Å². The summed E-state index contributed by atoms with van der Waals surface area (Å²) in [4.78, 5) is 22.6. The molecule has 1 saturated carbocycles. The highest BCUT2D eigenvalue weighted by molar-refractivity contribution is 5.83. The van der Waals surface area contributed by atoms with Gasteiger partial charge >= 0.3 is 5.97 Å². The molecule has 0 bridgehead atoms. The molecule has 1 aliphatic carbocycles. The minimum absolute atomic E-state index is 0.154. The number of aliphatic hydroxyl groups excluding tert-OH is 1. The number of unbranched alkanes of at least 4 members (excludes halogenated alkanes) is 6. The topological polar surface area (TPSA) is 74.6 Å². The predicted octanol–water partition coefficient (Wildman–Crippen LogP) is 4.50. The molecule has 0 aromatic rings. The van der Waals surface area contributed by atoms with E-state index in [9.17, 15) is 14.7 Å². The maximum absolute atomic E-state index is 12.1. The zero-order valence-corrected chi connectivity index (χ0v) is 15.1. The van der Waals surface area contributed by atoms with Gasteiger partial charge in [-0.05, 0) is 38.0 Å². The molecule has 1 rings (SSSR count). The Labute approximate surface area is 146 Å². The summed E-state index contributed by atoms with van der Waals surface area (Å²) in [7, 11) is 0. The molecule has 4 heteroatoms. The van der Waals surface area contributed by atoms with Crippen molar-refractivity contribution in [2.24, 2.45) is 11.8 Å². The second-order valence-corrected chi connectivity index (χ2v) is 7.04. The predicted molar refractivity (Wildman–Crippen MR) is 95.8 cm³/mol. The van der Waals surface area contributed by atoms with E-state index in [1.807, 2.05) is 0 Å². The number of allylic oxidation sites excluding steroid dienone is 2. The second-order valence-electron chi connectivity index (χ2n) is 7.04. The van der Waals surface area contributed by atoms with Crippen molar-refractivity contribution in [3.8, 4) is 0 Å². The molecule has 0 aromatic carbocycles. The molecule has 138 valence electrons. The summed E-state index contributed by atoms with van der Waals surface area (Å²) in [5.74, 6) is -0.208. The van der Waals surface area contributed by atoms with Gasteiger partial charge in [-0.25, -0.2) is 4.79 Å². The number of carboxylic acids is 1. The third-order valence-corrected chi connectivity index (χ3v) is 5.04. The van der Waals surface area contributed by atoms with E-state index in [1.165, 1.54) is 25.7 Å². The van der Waals surface area contributed by atoms with E-state index in [4.69, 9.17) is 5.11 Å². The summed E-state index contributed by atoms with van der Waals surface area (Å²) in [5, 5.41) is 17.9. The molecule has 0 aliphatic heterocycles. The average molecular weight is 338 g/mol. The Morgan fingerprint density at radius 2 is 1.96 bits per heavy atom. The van der Waals surface area contributed by atoms with Crippen LogP contribution in [-0.4, -0.2) is 28.1 Å².